The van der Waals surface area contributed by atoms with E-state index in [9.17, 15) is 9.90 Å². The molecule has 0 aliphatic heterocycles. The molecular weight excluding hydrogens is 180 g/mol. The standard InChI is InChI=1S/C10H14N2O2/c1-3-8(13)10(14)12-9-5-4-7(2)6-11-9/h4-6,8,13H,3H2,1-2H3,(H,11,12,14). The molecule has 1 heterocycles. The molecule has 2 N–H and O–H groups in total. The van der Waals surface area contributed by atoms with Gasteiger partial charge in [0.1, 0.15) is 11.9 Å². The Bertz CT molecular complexity index is 308. The average Bonchev–Trinajstić information content (AvgIpc) is 2.20. The molecule has 0 saturated heterocycles. The van der Waals surface area contributed by atoms with Gasteiger partial charge in [0.15, 0.2) is 0 Å². The molecule has 0 aliphatic carbocycles. The van der Waals surface area contributed by atoms with E-state index in [2.05, 4.69) is 10.3 Å². The summed E-state index contributed by atoms with van der Waals surface area (Å²) in [6, 6.07) is 3.55. The molecule has 0 radical (unpaired) electrons. The number of hydrogen-bond acceptors (Lipinski definition) is 3. The lowest BCUT2D eigenvalue weighted by Crippen LogP contribution is -2.27. The summed E-state index contributed by atoms with van der Waals surface area (Å²) in [7, 11) is 0. The third-order valence-electron chi connectivity index (χ3n) is 1.85. The van der Waals surface area contributed by atoms with Crippen molar-refractivity contribution >= 4 is 11.7 Å². The monoisotopic (exact) mass is 194 g/mol. The number of hydrogen-bond donors (Lipinski definition) is 2. The first-order valence-electron chi connectivity index (χ1n) is 4.55. The van der Waals surface area contributed by atoms with Crippen molar-refractivity contribution in [1.29, 1.82) is 0 Å². The number of carbonyl (C=O) groups excluding carboxylic acids is 1. The third kappa shape index (κ3) is 2.81. The van der Waals surface area contributed by atoms with Gasteiger partial charge < -0.3 is 10.4 Å². The number of aromatic nitrogens is 1. The molecule has 1 aromatic rings. The van der Waals surface area contributed by atoms with Crippen molar-refractivity contribution in [2.75, 3.05) is 5.32 Å². The van der Waals surface area contributed by atoms with Crippen LogP contribution in [0.4, 0.5) is 5.82 Å². The van der Waals surface area contributed by atoms with Crippen molar-refractivity contribution < 1.29 is 9.90 Å². The molecule has 1 amide bonds. The van der Waals surface area contributed by atoms with Crippen LogP contribution in [0, 0.1) is 6.92 Å². The van der Waals surface area contributed by atoms with Gasteiger partial charge in [0.25, 0.3) is 5.91 Å². The quantitative estimate of drug-likeness (QED) is 0.757. The number of nitrogens with one attached hydrogen (secondary N) is 1. The summed E-state index contributed by atoms with van der Waals surface area (Å²) in [5.74, 6) is 0.0527. The topological polar surface area (TPSA) is 62.2 Å². The van der Waals surface area contributed by atoms with Crippen molar-refractivity contribution in [3.8, 4) is 0 Å². The zero-order valence-electron chi connectivity index (χ0n) is 8.32. The van der Waals surface area contributed by atoms with Gasteiger partial charge in [0.05, 0.1) is 0 Å². The minimum Gasteiger partial charge on any atom is -0.383 e. The molecule has 0 fully saturated rings. The molecular formula is C10H14N2O2. The number of aryl methyl sites for hydroxylation is 1. The van der Waals surface area contributed by atoms with Gasteiger partial charge in [-0.15, -0.1) is 0 Å². The Morgan fingerprint density at radius 1 is 1.64 bits per heavy atom. The molecule has 76 valence electrons. The highest BCUT2D eigenvalue weighted by atomic mass is 16.3. The maximum absolute atomic E-state index is 11.2. The van der Waals surface area contributed by atoms with E-state index in [4.69, 9.17) is 0 Å². The average molecular weight is 194 g/mol. The summed E-state index contributed by atoms with van der Waals surface area (Å²) in [4.78, 5) is 15.2. The number of aliphatic hydroxyl groups is 1. The molecule has 1 aromatic heterocycles. The van der Waals surface area contributed by atoms with Crippen molar-refractivity contribution in [1.82, 2.24) is 4.98 Å². The maximum Gasteiger partial charge on any atom is 0.254 e. The maximum atomic E-state index is 11.2. The highest BCUT2D eigenvalue weighted by Gasteiger charge is 2.12. The summed E-state index contributed by atoms with van der Waals surface area (Å²) < 4.78 is 0. The molecule has 0 spiro atoms. The van der Waals surface area contributed by atoms with Gasteiger partial charge in [-0.25, -0.2) is 4.98 Å². The number of rotatable bonds is 3. The molecule has 0 aliphatic rings. The molecule has 1 rings (SSSR count). The predicted molar refractivity (Wildman–Crippen MR) is 53.9 cm³/mol. The summed E-state index contributed by atoms with van der Waals surface area (Å²) >= 11 is 0. The zero-order chi connectivity index (χ0) is 10.6. The Balaban J connectivity index is 2.60. The predicted octanol–water partition coefficient (Wildman–Crippen LogP) is 1.10. The van der Waals surface area contributed by atoms with E-state index in [-0.39, 0.29) is 0 Å². The van der Waals surface area contributed by atoms with Gasteiger partial charge >= 0.3 is 0 Å². The molecule has 4 nitrogen and oxygen atoms in total. The Hall–Kier alpha value is -1.42. The van der Waals surface area contributed by atoms with E-state index < -0.39 is 12.0 Å². The van der Waals surface area contributed by atoms with E-state index >= 15 is 0 Å². The number of nitrogens with zero attached hydrogens (tertiary/aromatic N) is 1. The highest BCUT2D eigenvalue weighted by molar-refractivity contribution is 5.93. The van der Waals surface area contributed by atoms with Gasteiger partial charge in [0.2, 0.25) is 0 Å². The van der Waals surface area contributed by atoms with Crippen molar-refractivity contribution in [2.45, 2.75) is 26.4 Å². The first-order valence-corrected chi connectivity index (χ1v) is 4.55. The van der Waals surface area contributed by atoms with E-state index in [0.29, 0.717) is 12.2 Å². The number of pyridine rings is 1. The minimum absolute atomic E-state index is 0.400. The van der Waals surface area contributed by atoms with Crippen LogP contribution in [0.15, 0.2) is 18.3 Å². The fourth-order valence-electron chi connectivity index (χ4n) is 0.937. The minimum atomic E-state index is -0.960. The molecule has 0 bridgehead atoms. The normalized spacial score (nSPS) is 12.2. The molecule has 1 atom stereocenters. The van der Waals surface area contributed by atoms with Gasteiger partial charge in [-0.2, -0.15) is 0 Å². The third-order valence-corrected chi connectivity index (χ3v) is 1.85. The van der Waals surface area contributed by atoms with Gasteiger partial charge in [0, 0.05) is 6.20 Å². The first-order chi connectivity index (χ1) is 6.63. The van der Waals surface area contributed by atoms with Crippen molar-refractivity contribution in [3.63, 3.8) is 0 Å². The first kappa shape index (κ1) is 10.7. The van der Waals surface area contributed by atoms with Crippen LogP contribution in [0.25, 0.3) is 0 Å². The number of carbonyl (C=O) groups is 1. The lowest BCUT2D eigenvalue weighted by molar-refractivity contribution is -0.124. The van der Waals surface area contributed by atoms with Crippen molar-refractivity contribution in [3.05, 3.63) is 23.9 Å². The second-order valence-electron chi connectivity index (χ2n) is 3.13. The van der Waals surface area contributed by atoms with E-state index in [1.807, 2.05) is 13.0 Å². The van der Waals surface area contributed by atoms with Gasteiger partial charge in [-0.1, -0.05) is 13.0 Å². The van der Waals surface area contributed by atoms with Crippen LogP contribution in [0.1, 0.15) is 18.9 Å². The largest absolute Gasteiger partial charge is 0.383 e. The number of anilines is 1. The van der Waals surface area contributed by atoms with E-state index in [1.165, 1.54) is 0 Å². The Morgan fingerprint density at radius 3 is 2.86 bits per heavy atom. The van der Waals surface area contributed by atoms with Crippen LogP contribution in [-0.4, -0.2) is 22.1 Å². The molecule has 4 heteroatoms. The molecule has 1 unspecified atom stereocenters. The smallest absolute Gasteiger partial charge is 0.254 e. The Morgan fingerprint density at radius 2 is 2.36 bits per heavy atom. The van der Waals surface area contributed by atoms with Gasteiger partial charge in [-0.3, -0.25) is 4.79 Å². The van der Waals surface area contributed by atoms with Gasteiger partial charge in [-0.05, 0) is 25.0 Å². The van der Waals surface area contributed by atoms with Crippen LogP contribution >= 0.6 is 0 Å². The zero-order valence-corrected chi connectivity index (χ0v) is 8.32. The van der Waals surface area contributed by atoms with Crippen molar-refractivity contribution in [2.24, 2.45) is 0 Å². The summed E-state index contributed by atoms with van der Waals surface area (Å²) in [5, 5.41) is 11.7. The van der Waals surface area contributed by atoms with Crippen LogP contribution < -0.4 is 5.32 Å². The van der Waals surface area contributed by atoms with Crippen LogP contribution in [0.3, 0.4) is 0 Å². The lowest BCUT2D eigenvalue weighted by atomic mass is 10.2. The Labute approximate surface area is 83.0 Å². The molecule has 0 aromatic carbocycles. The van der Waals surface area contributed by atoms with E-state index in [0.717, 1.165) is 5.56 Å². The molecule has 0 saturated carbocycles. The fourth-order valence-corrected chi connectivity index (χ4v) is 0.937. The summed E-state index contributed by atoms with van der Waals surface area (Å²) in [6.45, 7) is 3.66. The summed E-state index contributed by atoms with van der Waals surface area (Å²) in [6.07, 6.45) is 1.10. The lowest BCUT2D eigenvalue weighted by Gasteiger charge is -2.08. The number of aliphatic hydroxyl groups excluding tert-OH is 1. The van der Waals surface area contributed by atoms with Crippen LogP contribution in [0.2, 0.25) is 0 Å². The van der Waals surface area contributed by atoms with E-state index in [1.54, 1.807) is 19.2 Å². The van der Waals surface area contributed by atoms with Crippen LogP contribution in [-0.2, 0) is 4.79 Å². The Kier molecular flexibility index (Phi) is 3.59. The second kappa shape index (κ2) is 4.72. The number of amides is 1. The summed E-state index contributed by atoms with van der Waals surface area (Å²) in [5.41, 5.74) is 1.03. The highest BCUT2D eigenvalue weighted by Crippen LogP contribution is 2.04. The molecule has 14 heavy (non-hydrogen) atoms. The SMILES string of the molecule is CCC(O)C(=O)Nc1ccc(C)cn1. The fraction of sp³-hybridized carbons (Fsp3) is 0.400. The second-order valence-corrected chi connectivity index (χ2v) is 3.13. The van der Waals surface area contributed by atoms with Crippen LogP contribution in [0.5, 0.6) is 0 Å².